The van der Waals surface area contributed by atoms with E-state index < -0.39 is 14.9 Å². The SMILES string of the molecule is CCOCCNS(=O)(=O)c1ccc([N+](=O)[O-])cc1N. The second-order valence-corrected chi connectivity index (χ2v) is 5.31. The molecule has 0 aliphatic carbocycles. The molecule has 0 spiro atoms. The van der Waals surface area contributed by atoms with Crippen molar-refractivity contribution in [1.29, 1.82) is 0 Å². The van der Waals surface area contributed by atoms with Crippen molar-refractivity contribution >= 4 is 21.4 Å². The van der Waals surface area contributed by atoms with Gasteiger partial charge in [0.2, 0.25) is 10.0 Å². The predicted octanol–water partition coefficient (Wildman–Crippen LogP) is 0.492. The molecule has 0 amide bonds. The molecule has 0 aliphatic heterocycles. The number of nitro groups is 1. The van der Waals surface area contributed by atoms with E-state index in [9.17, 15) is 18.5 Å². The summed E-state index contributed by atoms with van der Waals surface area (Å²) in [5, 5.41) is 10.5. The number of nitrogens with zero attached hydrogens (tertiary/aromatic N) is 1. The molecule has 0 aliphatic rings. The summed E-state index contributed by atoms with van der Waals surface area (Å²) in [5.74, 6) is 0. The van der Waals surface area contributed by atoms with E-state index in [4.69, 9.17) is 10.5 Å². The molecule has 0 atom stereocenters. The van der Waals surface area contributed by atoms with Crippen LogP contribution in [0.1, 0.15) is 6.92 Å². The van der Waals surface area contributed by atoms with Gasteiger partial charge in [0.05, 0.1) is 17.2 Å². The van der Waals surface area contributed by atoms with Gasteiger partial charge in [0.25, 0.3) is 5.69 Å². The molecule has 0 fully saturated rings. The summed E-state index contributed by atoms with van der Waals surface area (Å²) in [6.07, 6.45) is 0. The molecular weight excluding hydrogens is 274 g/mol. The topological polar surface area (TPSA) is 125 Å². The third-order valence-electron chi connectivity index (χ3n) is 2.24. The van der Waals surface area contributed by atoms with Gasteiger partial charge in [-0.25, -0.2) is 13.1 Å². The van der Waals surface area contributed by atoms with Crippen LogP contribution in [0.15, 0.2) is 23.1 Å². The number of rotatable bonds is 7. The second kappa shape index (κ2) is 6.45. The van der Waals surface area contributed by atoms with Crippen molar-refractivity contribution in [2.24, 2.45) is 0 Å². The summed E-state index contributed by atoms with van der Waals surface area (Å²) in [6.45, 7) is 2.62. The Bertz CT molecular complexity index is 558. The fourth-order valence-electron chi connectivity index (χ4n) is 1.36. The van der Waals surface area contributed by atoms with Gasteiger partial charge in [-0.3, -0.25) is 10.1 Å². The van der Waals surface area contributed by atoms with Crippen LogP contribution in [0, 0.1) is 10.1 Å². The highest BCUT2D eigenvalue weighted by atomic mass is 32.2. The van der Waals surface area contributed by atoms with E-state index in [1.807, 2.05) is 0 Å². The number of non-ortho nitro benzene ring substituents is 1. The van der Waals surface area contributed by atoms with E-state index in [2.05, 4.69) is 4.72 Å². The Balaban J connectivity index is 2.87. The van der Waals surface area contributed by atoms with Gasteiger partial charge >= 0.3 is 0 Å². The molecule has 1 aromatic rings. The van der Waals surface area contributed by atoms with Crippen LogP contribution in [-0.2, 0) is 14.8 Å². The summed E-state index contributed by atoms with van der Waals surface area (Å²) < 4.78 is 31.1. The highest BCUT2D eigenvalue weighted by molar-refractivity contribution is 7.89. The quantitative estimate of drug-likeness (QED) is 0.326. The van der Waals surface area contributed by atoms with Crippen molar-refractivity contribution in [2.45, 2.75) is 11.8 Å². The van der Waals surface area contributed by atoms with E-state index in [0.717, 1.165) is 18.2 Å². The number of nitrogens with one attached hydrogen (secondary N) is 1. The van der Waals surface area contributed by atoms with Gasteiger partial charge in [0.15, 0.2) is 0 Å². The minimum absolute atomic E-state index is 0.104. The Morgan fingerprint density at radius 1 is 1.47 bits per heavy atom. The van der Waals surface area contributed by atoms with Crippen LogP contribution >= 0.6 is 0 Å². The average molecular weight is 289 g/mol. The summed E-state index contributed by atoms with van der Waals surface area (Å²) in [6, 6.07) is 3.21. The van der Waals surface area contributed by atoms with Gasteiger partial charge in [-0.05, 0) is 13.0 Å². The highest BCUT2D eigenvalue weighted by Gasteiger charge is 2.19. The summed E-state index contributed by atoms with van der Waals surface area (Å²) in [4.78, 5) is 9.70. The summed E-state index contributed by atoms with van der Waals surface area (Å²) in [7, 11) is -3.79. The zero-order valence-corrected chi connectivity index (χ0v) is 11.1. The van der Waals surface area contributed by atoms with Gasteiger partial charge in [-0.15, -0.1) is 0 Å². The van der Waals surface area contributed by atoms with Crippen LogP contribution in [0.4, 0.5) is 11.4 Å². The lowest BCUT2D eigenvalue weighted by atomic mass is 10.3. The van der Waals surface area contributed by atoms with Gasteiger partial charge in [-0.1, -0.05) is 0 Å². The first-order chi connectivity index (χ1) is 8.88. The molecule has 106 valence electrons. The van der Waals surface area contributed by atoms with Crippen molar-refractivity contribution in [3.63, 3.8) is 0 Å². The monoisotopic (exact) mass is 289 g/mol. The lowest BCUT2D eigenvalue weighted by molar-refractivity contribution is -0.384. The predicted molar refractivity (Wildman–Crippen MR) is 69.2 cm³/mol. The normalized spacial score (nSPS) is 11.4. The minimum Gasteiger partial charge on any atom is -0.397 e. The zero-order valence-electron chi connectivity index (χ0n) is 10.3. The summed E-state index contributed by atoms with van der Waals surface area (Å²) >= 11 is 0. The standard InChI is InChI=1S/C10H15N3O5S/c1-2-18-6-5-12-19(16,17)10-4-3-8(13(14)15)7-9(10)11/h3-4,7,12H,2,5-6,11H2,1H3. The third-order valence-corrected chi connectivity index (χ3v) is 3.77. The Kier molecular flexibility index (Phi) is 5.21. The van der Waals surface area contributed by atoms with Crippen LogP contribution in [0.5, 0.6) is 0 Å². The number of sulfonamides is 1. The average Bonchev–Trinajstić information content (AvgIpc) is 2.34. The van der Waals surface area contributed by atoms with E-state index in [1.165, 1.54) is 0 Å². The van der Waals surface area contributed by atoms with E-state index >= 15 is 0 Å². The van der Waals surface area contributed by atoms with E-state index in [-0.39, 0.29) is 29.4 Å². The van der Waals surface area contributed by atoms with Crippen LogP contribution < -0.4 is 10.5 Å². The number of hydrogen-bond acceptors (Lipinski definition) is 6. The van der Waals surface area contributed by atoms with E-state index in [0.29, 0.717) is 6.61 Å². The van der Waals surface area contributed by atoms with Crippen LogP contribution in [0.25, 0.3) is 0 Å². The second-order valence-electron chi connectivity index (χ2n) is 3.57. The van der Waals surface area contributed by atoms with E-state index in [1.54, 1.807) is 6.92 Å². The molecule has 0 bridgehead atoms. The number of ether oxygens (including phenoxy) is 1. The molecule has 0 radical (unpaired) electrons. The number of nitrogen functional groups attached to an aromatic ring is 1. The lowest BCUT2D eigenvalue weighted by Gasteiger charge is -2.08. The smallest absolute Gasteiger partial charge is 0.271 e. The molecule has 9 heteroatoms. The van der Waals surface area contributed by atoms with Crippen LogP contribution in [0.2, 0.25) is 0 Å². The molecule has 19 heavy (non-hydrogen) atoms. The fraction of sp³-hybridized carbons (Fsp3) is 0.400. The van der Waals surface area contributed by atoms with Crippen LogP contribution in [0.3, 0.4) is 0 Å². The molecule has 0 heterocycles. The molecule has 8 nitrogen and oxygen atoms in total. The van der Waals surface area contributed by atoms with Crippen molar-refractivity contribution in [3.05, 3.63) is 28.3 Å². The van der Waals surface area contributed by atoms with Gasteiger partial charge in [-0.2, -0.15) is 0 Å². The zero-order chi connectivity index (χ0) is 14.5. The Morgan fingerprint density at radius 2 is 2.16 bits per heavy atom. The van der Waals surface area contributed by atoms with Crippen LogP contribution in [-0.4, -0.2) is 33.1 Å². The highest BCUT2D eigenvalue weighted by Crippen LogP contribution is 2.23. The molecular formula is C10H15N3O5S. The summed E-state index contributed by atoms with van der Waals surface area (Å²) in [5.41, 5.74) is 5.09. The largest absolute Gasteiger partial charge is 0.397 e. The first kappa shape index (κ1) is 15.3. The minimum atomic E-state index is -3.79. The maximum absolute atomic E-state index is 11.9. The number of nitro benzene ring substituents is 1. The van der Waals surface area contributed by atoms with Crippen molar-refractivity contribution in [1.82, 2.24) is 4.72 Å². The Labute approximate surface area is 110 Å². The Hall–Kier alpha value is -1.71. The van der Waals surface area contributed by atoms with Crippen molar-refractivity contribution in [2.75, 3.05) is 25.5 Å². The first-order valence-corrected chi connectivity index (χ1v) is 6.98. The number of benzene rings is 1. The molecule has 1 aromatic carbocycles. The lowest BCUT2D eigenvalue weighted by Crippen LogP contribution is -2.28. The Morgan fingerprint density at radius 3 is 2.68 bits per heavy atom. The first-order valence-electron chi connectivity index (χ1n) is 5.50. The maximum Gasteiger partial charge on any atom is 0.271 e. The fourth-order valence-corrected chi connectivity index (χ4v) is 2.49. The number of anilines is 1. The molecule has 3 N–H and O–H groups in total. The molecule has 0 unspecified atom stereocenters. The molecule has 0 aromatic heterocycles. The van der Waals surface area contributed by atoms with Gasteiger partial charge in [0, 0.05) is 25.3 Å². The van der Waals surface area contributed by atoms with Gasteiger partial charge < -0.3 is 10.5 Å². The maximum atomic E-state index is 11.9. The number of hydrogen-bond donors (Lipinski definition) is 2. The molecule has 1 rings (SSSR count). The third kappa shape index (κ3) is 4.16. The van der Waals surface area contributed by atoms with Crippen molar-refractivity contribution < 1.29 is 18.1 Å². The van der Waals surface area contributed by atoms with Gasteiger partial charge in [0.1, 0.15) is 4.90 Å². The molecule has 0 saturated heterocycles. The number of nitrogens with two attached hydrogens (primary N) is 1. The van der Waals surface area contributed by atoms with Crippen molar-refractivity contribution in [3.8, 4) is 0 Å². The molecule has 0 saturated carbocycles.